The largest absolute Gasteiger partial charge is 0.486 e. The van der Waals surface area contributed by atoms with Gasteiger partial charge in [-0.1, -0.05) is 64.3 Å². The Morgan fingerprint density at radius 1 is 1.15 bits per heavy atom. The van der Waals surface area contributed by atoms with E-state index in [1.807, 2.05) is 50.2 Å². The molecule has 1 aromatic heterocycles. The molecule has 0 saturated carbocycles. The molecule has 0 aliphatic carbocycles. The van der Waals surface area contributed by atoms with Crippen LogP contribution in [-0.4, -0.2) is 15.9 Å². The summed E-state index contributed by atoms with van der Waals surface area (Å²) in [5, 5.41) is 5.37. The van der Waals surface area contributed by atoms with Crippen LogP contribution in [0.5, 0.6) is 5.75 Å². The predicted molar refractivity (Wildman–Crippen MR) is 141 cm³/mol. The van der Waals surface area contributed by atoms with E-state index in [-0.39, 0.29) is 5.56 Å². The van der Waals surface area contributed by atoms with E-state index in [4.69, 9.17) is 16.3 Å². The van der Waals surface area contributed by atoms with E-state index in [0.717, 1.165) is 15.6 Å². The fraction of sp³-hybridized carbons (Fsp3) is 0.160. The first-order chi connectivity index (χ1) is 15.9. The van der Waals surface area contributed by atoms with Crippen molar-refractivity contribution in [2.45, 2.75) is 26.9 Å². The fourth-order valence-corrected chi connectivity index (χ4v) is 4.77. The lowest BCUT2D eigenvalue weighted by Crippen LogP contribution is -2.22. The lowest BCUT2D eigenvalue weighted by molar-refractivity contribution is 0.304. The van der Waals surface area contributed by atoms with Gasteiger partial charge in [0.05, 0.1) is 26.6 Å². The third-order valence-corrected chi connectivity index (χ3v) is 6.36. The van der Waals surface area contributed by atoms with Crippen LogP contribution in [0.1, 0.15) is 29.4 Å². The van der Waals surface area contributed by atoms with Crippen LogP contribution < -0.4 is 10.3 Å². The molecule has 0 atom stereocenters. The second kappa shape index (κ2) is 10.2. The van der Waals surface area contributed by atoms with Crippen molar-refractivity contribution in [1.29, 1.82) is 0 Å². The van der Waals surface area contributed by atoms with Crippen molar-refractivity contribution >= 4 is 60.6 Å². The van der Waals surface area contributed by atoms with Gasteiger partial charge in [-0.05, 0) is 64.3 Å². The quantitative estimate of drug-likeness (QED) is 0.230. The Morgan fingerprint density at radius 2 is 1.97 bits per heavy atom. The molecule has 0 unspecified atom stereocenters. The molecule has 0 aliphatic heterocycles. The van der Waals surface area contributed by atoms with Crippen molar-refractivity contribution in [1.82, 2.24) is 9.66 Å². The standard InChI is InChI=1S/C25H20Br2ClN3O2/c1-3-23-30-22-8-7-18(26)12-19(22)25(32)31(23)29-13-17-10-20(27)24(21(28)11-17)33-14-16-6-4-5-15(2)9-16/h4-13H,3,14H2,1-2H3. The number of aryl methyl sites for hydroxylation is 2. The average molecular weight is 590 g/mol. The van der Waals surface area contributed by atoms with Gasteiger partial charge in [0.2, 0.25) is 0 Å². The van der Waals surface area contributed by atoms with Gasteiger partial charge in [-0.25, -0.2) is 4.98 Å². The van der Waals surface area contributed by atoms with Gasteiger partial charge in [0.1, 0.15) is 12.4 Å². The molecule has 8 heteroatoms. The molecule has 5 nitrogen and oxygen atoms in total. The highest BCUT2D eigenvalue weighted by molar-refractivity contribution is 9.10. The van der Waals surface area contributed by atoms with E-state index in [1.54, 1.807) is 18.3 Å². The lowest BCUT2D eigenvalue weighted by Gasteiger charge is -2.12. The number of ether oxygens (including phenoxy) is 1. The number of fused-ring (bicyclic) bond motifs is 1. The predicted octanol–water partition coefficient (Wildman–Crippen LogP) is 6.91. The van der Waals surface area contributed by atoms with Crippen LogP contribution in [0.15, 0.2) is 73.4 Å². The minimum Gasteiger partial charge on any atom is -0.486 e. The molecular formula is C25H20Br2ClN3O2. The molecule has 168 valence electrons. The van der Waals surface area contributed by atoms with Gasteiger partial charge in [0.25, 0.3) is 5.56 Å². The van der Waals surface area contributed by atoms with Gasteiger partial charge in [-0.15, -0.1) is 0 Å². The van der Waals surface area contributed by atoms with Crippen molar-refractivity contribution in [2.75, 3.05) is 0 Å². The van der Waals surface area contributed by atoms with Gasteiger partial charge in [0, 0.05) is 10.9 Å². The number of benzene rings is 3. The molecule has 0 spiro atoms. The van der Waals surface area contributed by atoms with Crippen molar-refractivity contribution < 1.29 is 4.74 Å². The molecule has 0 radical (unpaired) electrons. The summed E-state index contributed by atoms with van der Waals surface area (Å²) in [6.45, 7) is 4.38. The zero-order chi connectivity index (χ0) is 23.5. The number of nitrogens with zero attached hydrogens (tertiary/aromatic N) is 3. The van der Waals surface area contributed by atoms with Crippen molar-refractivity contribution in [3.8, 4) is 5.75 Å². The second-order valence-electron chi connectivity index (χ2n) is 7.50. The number of halogens is 3. The maximum atomic E-state index is 13.0. The maximum Gasteiger partial charge on any atom is 0.282 e. The van der Waals surface area contributed by atoms with Gasteiger partial charge >= 0.3 is 0 Å². The molecule has 0 amide bonds. The molecule has 0 saturated heterocycles. The Hall–Kier alpha value is -2.48. The Bertz CT molecular complexity index is 1410. The van der Waals surface area contributed by atoms with Crippen molar-refractivity contribution in [3.05, 3.63) is 101 Å². The summed E-state index contributed by atoms with van der Waals surface area (Å²) in [5.41, 5.74) is 3.37. The summed E-state index contributed by atoms with van der Waals surface area (Å²) in [5.74, 6) is 1.13. The lowest BCUT2D eigenvalue weighted by atomic mass is 10.1. The Labute approximate surface area is 213 Å². The highest BCUT2D eigenvalue weighted by Crippen LogP contribution is 2.34. The molecule has 0 bridgehead atoms. The van der Waals surface area contributed by atoms with E-state index in [2.05, 4.69) is 48.0 Å². The third kappa shape index (κ3) is 5.37. The van der Waals surface area contributed by atoms with Crippen molar-refractivity contribution in [2.24, 2.45) is 5.10 Å². The van der Waals surface area contributed by atoms with Crippen LogP contribution in [0.4, 0.5) is 0 Å². The fourth-order valence-electron chi connectivity index (χ4n) is 3.42. The van der Waals surface area contributed by atoms with E-state index in [0.29, 0.717) is 45.0 Å². The first-order valence-electron chi connectivity index (χ1n) is 10.3. The SMILES string of the molecule is CCc1nc2ccc(Br)cc2c(=O)n1N=Cc1cc(Cl)c(OCc2cccc(C)c2)c(Br)c1. The van der Waals surface area contributed by atoms with Gasteiger partial charge in [0.15, 0.2) is 5.75 Å². The Morgan fingerprint density at radius 3 is 2.70 bits per heavy atom. The van der Waals surface area contributed by atoms with Crippen molar-refractivity contribution in [3.63, 3.8) is 0 Å². The summed E-state index contributed by atoms with van der Waals surface area (Å²) in [6, 6.07) is 17.2. The summed E-state index contributed by atoms with van der Waals surface area (Å²) < 4.78 is 8.79. The second-order valence-corrected chi connectivity index (χ2v) is 9.67. The van der Waals surface area contributed by atoms with E-state index < -0.39 is 0 Å². The van der Waals surface area contributed by atoms with Gasteiger partial charge in [-0.3, -0.25) is 4.79 Å². The van der Waals surface area contributed by atoms with E-state index in [1.165, 1.54) is 10.2 Å². The highest BCUT2D eigenvalue weighted by atomic mass is 79.9. The molecule has 3 aromatic carbocycles. The summed E-state index contributed by atoms with van der Waals surface area (Å²) in [7, 11) is 0. The molecule has 0 N–H and O–H groups in total. The smallest absolute Gasteiger partial charge is 0.282 e. The van der Waals surface area contributed by atoms with Crippen LogP contribution in [0.25, 0.3) is 10.9 Å². The molecule has 0 aliphatic rings. The van der Waals surface area contributed by atoms with Crippen LogP contribution in [0, 0.1) is 6.92 Å². The zero-order valence-corrected chi connectivity index (χ0v) is 21.9. The van der Waals surface area contributed by atoms with Crippen LogP contribution in [0.3, 0.4) is 0 Å². The Balaban J connectivity index is 1.63. The summed E-state index contributed by atoms with van der Waals surface area (Å²) in [4.78, 5) is 17.6. The molecule has 0 fully saturated rings. The topological polar surface area (TPSA) is 56.5 Å². The monoisotopic (exact) mass is 587 g/mol. The van der Waals surface area contributed by atoms with Crippen LogP contribution in [0.2, 0.25) is 5.02 Å². The minimum absolute atomic E-state index is 0.224. The molecule has 1 heterocycles. The van der Waals surface area contributed by atoms with Gasteiger partial charge in [-0.2, -0.15) is 9.78 Å². The Kier molecular flexibility index (Phi) is 7.32. The maximum absolute atomic E-state index is 13.0. The van der Waals surface area contributed by atoms with E-state index >= 15 is 0 Å². The molecule has 4 rings (SSSR count). The number of hydrogen-bond donors (Lipinski definition) is 0. The highest BCUT2D eigenvalue weighted by Gasteiger charge is 2.12. The zero-order valence-electron chi connectivity index (χ0n) is 18.0. The normalized spacial score (nSPS) is 11.4. The molecule has 4 aromatic rings. The number of rotatable bonds is 6. The molecular weight excluding hydrogens is 570 g/mol. The minimum atomic E-state index is -0.224. The average Bonchev–Trinajstić information content (AvgIpc) is 2.78. The molecule has 33 heavy (non-hydrogen) atoms. The summed E-state index contributed by atoms with van der Waals surface area (Å²) >= 11 is 13.4. The van der Waals surface area contributed by atoms with Gasteiger partial charge < -0.3 is 4.74 Å². The third-order valence-electron chi connectivity index (χ3n) is 5.00. The first-order valence-corrected chi connectivity index (χ1v) is 12.2. The first kappa shape index (κ1) is 23.7. The number of aromatic nitrogens is 2. The summed E-state index contributed by atoms with van der Waals surface area (Å²) in [6.07, 6.45) is 2.15. The number of hydrogen-bond acceptors (Lipinski definition) is 4. The van der Waals surface area contributed by atoms with Crippen LogP contribution in [-0.2, 0) is 13.0 Å². The van der Waals surface area contributed by atoms with Crippen LogP contribution >= 0.6 is 43.5 Å². The van der Waals surface area contributed by atoms with E-state index in [9.17, 15) is 4.79 Å².